The van der Waals surface area contributed by atoms with E-state index in [1.165, 1.54) is 7.11 Å². The van der Waals surface area contributed by atoms with Gasteiger partial charge in [-0.3, -0.25) is 4.79 Å². The lowest BCUT2D eigenvalue weighted by atomic mass is 9.43. The zero-order valence-electron chi connectivity index (χ0n) is 37.1. The highest BCUT2D eigenvalue weighted by molar-refractivity contribution is 5.90. The van der Waals surface area contributed by atoms with Gasteiger partial charge < -0.3 is 52.8 Å². The van der Waals surface area contributed by atoms with Gasteiger partial charge in [-0.1, -0.05) is 38.1 Å². The molecule has 3 saturated heterocycles. The molecule has 19 atom stereocenters. The first kappa shape index (κ1) is 44.8. The molecule has 4 saturated carbocycles. The van der Waals surface area contributed by atoms with Crippen molar-refractivity contribution in [3.8, 4) is 0 Å². The van der Waals surface area contributed by atoms with Crippen molar-refractivity contribution in [3.05, 3.63) is 47.5 Å². The number of Topliss-reactive ketones (excluding diaryl/α,β-unsaturated/α-hetero) is 1. The molecule has 1 aromatic carbocycles. The predicted octanol–water partition coefficient (Wildman–Crippen LogP) is 5.24. The zero-order valence-corrected chi connectivity index (χ0v) is 37.1. The van der Waals surface area contributed by atoms with Crippen LogP contribution in [-0.4, -0.2) is 127 Å². The van der Waals surface area contributed by atoms with Crippen LogP contribution in [0.25, 0.3) is 0 Å². The smallest absolute Gasteiger partial charge is 0.338 e. The first-order valence-electron chi connectivity index (χ1n) is 22.3. The lowest BCUT2D eigenvalue weighted by Crippen LogP contribution is -2.70. The van der Waals surface area contributed by atoms with Gasteiger partial charge >= 0.3 is 11.9 Å². The number of hydrogen-bond donors (Lipinski definition) is 2. The minimum Gasteiger partial charge on any atom is -0.455 e. The quantitative estimate of drug-likeness (QED) is 0.128. The van der Waals surface area contributed by atoms with Crippen LogP contribution in [-0.2, 0) is 52.2 Å². The second-order valence-electron chi connectivity index (χ2n) is 19.4. The van der Waals surface area contributed by atoms with E-state index in [2.05, 4.69) is 6.92 Å². The molecule has 14 nitrogen and oxygen atoms in total. The Balaban J connectivity index is 1.04. The maximum absolute atomic E-state index is 14.1. The van der Waals surface area contributed by atoms with Crippen molar-refractivity contribution in [1.82, 2.24) is 0 Å². The molecule has 7 aliphatic rings. The van der Waals surface area contributed by atoms with Crippen molar-refractivity contribution in [2.45, 2.75) is 185 Å². The highest BCUT2D eigenvalue weighted by atomic mass is 16.7. The molecule has 61 heavy (non-hydrogen) atoms. The molecular weight excluding hydrogens is 789 g/mol. The number of epoxide rings is 1. The van der Waals surface area contributed by atoms with Crippen LogP contribution in [0.3, 0.4) is 0 Å². The number of ether oxygens (including phenoxy) is 9. The Labute approximate surface area is 359 Å². The van der Waals surface area contributed by atoms with Crippen molar-refractivity contribution < 1.29 is 67.2 Å². The second-order valence-corrected chi connectivity index (χ2v) is 19.4. The lowest BCUT2D eigenvalue weighted by molar-refractivity contribution is -0.343. The van der Waals surface area contributed by atoms with Gasteiger partial charge in [0, 0.05) is 43.5 Å². The number of methoxy groups -OCH3 is 2. The minimum atomic E-state index is -1.22. The molecule has 338 valence electrons. The third-order valence-electron chi connectivity index (χ3n) is 16.5. The maximum atomic E-state index is 14.1. The average molecular weight is 855 g/mol. The van der Waals surface area contributed by atoms with Crippen molar-refractivity contribution in [1.29, 1.82) is 0 Å². The molecular formula is C47H66O14. The Kier molecular flexibility index (Phi) is 12.2. The summed E-state index contributed by atoms with van der Waals surface area (Å²) in [6.45, 7) is 13.0. The van der Waals surface area contributed by atoms with Gasteiger partial charge in [0.1, 0.15) is 53.6 Å². The third-order valence-corrected chi connectivity index (χ3v) is 16.5. The van der Waals surface area contributed by atoms with E-state index < -0.39 is 107 Å². The number of rotatable bonds is 11. The van der Waals surface area contributed by atoms with Gasteiger partial charge in [0.05, 0.1) is 30.0 Å². The predicted molar refractivity (Wildman–Crippen MR) is 218 cm³/mol. The van der Waals surface area contributed by atoms with E-state index in [9.17, 15) is 24.6 Å². The number of esters is 2. The van der Waals surface area contributed by atoms with Crippen LogP contribution in [0.5, 0.6) is 0 Å². The monoisotopic (exact) mass is 854 g/mol. The van der Waals surface area contributed by atoms with E-state index in [1.54, 1.807) is 65.1 Å². The van der Waals surface area contributed by atoms with Gasteiger partial charge in [0.2, 0.25) is 0 Å². The molecule has 14 heteroatoms. The molecule has 2 spiro atoms. The molecule has 0 aromatic heterocycles. The van der Waals surface area contributed by atoms with Crippen molar-refractivity contribution >= 4 is 17.7 Å². The maximum Gasteiger partial charge on any atom is 0.338 e. The SMILES string of the molecule is C/C=C(\C)C(=O)O[C@@H]1[C@@H](OC(=O)c2ccccc2)[C@]2(C)[C@H](C(C)=O)CC[C@@]23O[C@]32CC[C@H]3C[C@@H](O[C@H]4C[C@@H](OC)[C@H](O[C@@H]5O[C@H](C)[C@@H](O)[C@@H](OC)[C@H]5O)[C@@H](C)O4)CC[C@]3(C)[C@@H]12. The first-order valence-corrected chi connectivity index (χ1v) is 22.3. The second kappa shape index (κ2) is 16.6. The zero-order chi connectivity index (χ0) is 43.8. The van der Waals surface area contributed by atoms with Gasteiger partial charge in [-0.15, -0.1) is 0 Å². The van der Waals surface area contributed by atoms with Gasteiger partial charge in [-0.05, 0) is 103 Å². The minimum absolute atomic E-state index is 0.0124. The molecule has 0 radical (unpaired) electrons. The number of aliphatic hydroxyl groups excluding tert-OH is 2. The highest BCUT2D eigenvalue weighted by Gasteiger charge is 2.91. The number of hydrogen-bond acceptors (Lipinski definition) is 14. The molecule has 4 aliphatic carbocycles. The summed E-state index contributed by atoms with van der Waals surface area (Å²) in [5.74, 6) is -1.61. The van der Waals surface area contributed by atoms with E-state index in [4.69, 9.17) is 42.6 Å². The topological polar surface area (TPSA) is 178 Å². The first-order chi connectivity index (χ1) is 29.0. The highest BCUT2D eigenvalue weighted by Crippen LogP contribution is 2.81. The van der Waals surface area contributed by atoms with Crippen molar-refractivity contribution in [3.63, 3.8) is 0 Å². The van der Waals surface area contributed by atoms with Crippen LogP contribution in [0.15, 0.2) is 42.0 Å². The fourth-order valence-corrected chi connectivity index (χ4v) is 13.2. The summed E-state index contributed by atoms with van der Waals surface area (Å²) in [6.07, 6.45) is -1.73. The molecule has 2 N–H and O–H groups in total. The standard InChI is InChI=1S/C47H66O14/c1-10-24(2)41(51)58-38-39-44(6)19-17-30(57-33-23-32(53-8)36(27(5)55-33)59-43-35(50)37(54-9)34(49)26(4)56-43)22-29(44)16-20-46(39)47(61-46)21-18-31(25(3)48)45(47,7)40(38)60-42(52)28-14-12-11-13-15-28/h10-15,26-27,29-40,43,49-50H,16-23H2,1-9H3/b24-10+/t26-,27-,29+,30+,31+,32-,33+,34-,35-,36-,37-,38+,39-,40-,43+,44+,45+,46+,47-/m1/s1. The van der Waals surface area contributed by atoms with Crippen LogP contribution in [0.2, 0.25) is 0 Å². The molecule has 7 fully saturated rings. The Bertz CT molecular complexity index is 1840. The Morgan fingerprint density at radius 2 is 1.56 bits per heavy atom. The summed E-state index contributed by atoms with van der Waals surface area (Å²) < 4.78 is 57.2. The average Bonchev–Trinajstić information content (AvgIpc) is 3.79. The number of carbonyl (C=O) groups excluding carboxylic acids is 3. The fourth-order valence-electron chi connectivity index (χ4n) is 13.2. The Hall–Kier alpha value is -2.79. The molecule has 0 bridgehead atoms. The van der Waals surface area contributed by atoms with Crippen LogP contribution in [0.4, 0.5) is 0 Å². The van der Waals surface area contributed by atoms with Crippen LogP contribution in [0, 0.1) is 28.6 Å². The number of carbonyl (C=O) groups is 3. The Morgan fingerprint density at radius 1 is 0.820 bits per heavy atom. The molecule has 0 amide bonds. The number of aliphatic hydroxyl groups is 2. The van der Waals surface area contributed by atoms with E-state index in [1.807, 2.05) is 19.9 Å². The van der Waals surface area contributed by atoms with Crippen molar-refractivity contribution in [2.24, 2.45) is 28.6 Å². The van der Waals surface area contributed by atoms with Gasteiger partial charge in [0.15, 0.2) is 12.6 Å². The van der Waals surface area contributed by atoms with Crippen LogP contribution < -0.4 is 0 Å². The third kappa shape index (κ3) is 7.06. The van der Waals surface area contributed by atoms with Crippen molar-refractivity contribution in [2.75, 3.05) is 14.2 Å². The molecule has 8 rings (SSSR count). The molecule has 0 unspecified atom stereocenters. The Morgan fingerprint density at radius 3 is 2.23 bits per heavy atom. The lowest BCUT2D eigenvalue weighted by Gasteiger charge is -2.61. The van der Waals surface area contributed by atoms with E-state index in [0.29, 0.717) is 36.8 Å². The normalized spacial score (nSPS) is 47.9. The summed E-state index contributed by atoms with van der Waals surface area (Å²) in [4.78, 5) is 41.6. The van der Waals surface area contributed by atoms with Gasteiger partial charge in [0.25, 0.3) is 0 Å². The fraction of sp³-hybridized carbons (Fsp3) is 0.766. The van der Waals surface area contributed by atoms with E-state index in [0.717, 1.165) is 25.7 Å². The van der Waals surface area contributed by atoms with Crippen LogP contribution in [0.1, 0.15) is 110 Å². The summed E-state index contributed by atoms with van der Waals surface area (Å²) in [5, 5.41) is 21.4. The van der Waals surface area contributed by atoms with Gasteiger partial charge in [-0.25, -0.2) is 9.59 Å². The number of ketones is 1. The van der Waals surface area contributed by atoms with E-state index >= 15 is 0 Å². The summed E-state index contributed by atoms with van der Waals surface area (Å²) in [5.41, 5.74) is -1.88. The van der Waals surface area contributed by atoms with Crippen LogP contribution >= 0.6 is 0 Å². The molecule has 3 aliphatic heterocycles. The molecule has 3 heterocycles. The summed E-state index contributed by atoms with van der Waals surface area (Å²) >= 11 is 0. The summed E-state index contributed by atoms with van der Waals surface area (Å²) in [7, 11) is 3.04. The number of fused-ring (bicyclic) bond motifs is 2. The van der Waals surface area contributed by atoms with Gasteiger partial charge in [-0.2, -0.15) is 0 Å². The van der Waals surface area contributed by atoms with E-state index in [-0.39, 0.29) is 23.7 Å². The summed E-state index contributed by atoms with van der Waals surface area (Å²) in [6, 6.07) is 8.82. The number of allylic oxidation sites excluding steroid dienone is 1. The number of benzene rings is 1. The molecule has 1 aromatic rings. The largest absolute Gasteiger partial charge is 0.455 e.